The molecule has 1 heteroatoms. The molecule has 1 rings (SSSR count). The third-order valence-electron chi connectivity index (χ3n) is 2.80. The van der Waals surface area contributed by atoms with E-state index >= 15 is 0 Å². The number of hydrogen-bond acceptors (Lipinski definition) is 1. The fraction of sp³-hybridized carbons (Fsp3) is 1.00. The zero-order chi connectivity index (χ0) is 9.41. The molecule has 0 amide bonds. The Morgan fingerprint density at radius 3 is 2.25 bits per heavy atom. The van der Waals surface area contributed by atoms with Crippen LogP contribution in [0.15, 0.2) is 0 Å². The molecule has 0 radical (unpaired) electrons. The van der Waals surface area contributed by atoms with Crippen LogP contribution in [-0.2, 0) is 0 Å². The molecule has 0 spiro atoms. The first-order valence-corrected chi connectivity index (χ1v) is 5.10. The van der Waals surface area contributed by atoms with Gasteiger partial charge in [0.25, 0.3) is 0 Å². The Balaban J connectivity index is 2.69. The monoisotopic (exact) mass is 169 g/mol. The average Bonchev–Trinajstić information content (AvgIpc) is 1.86. The Morgan fingerprint density at radius 2 is 1.67 bits per heavy atom. The second kappa shape index (κ2) is 3.02. The normalized spacial score (nSPS) is 34.2. The maximum absolute atomic E-state index is 3.72. The summed E-state index contributed by atoms with van der Waals surface area (Å²) in [4.78, 5) is 0. The third-order valence-corrected chi connectivity index (χ3v) is 2.80. The minimum Gasteiger partial charge on any atom is -0.307 e. The van der Waals surface area contributed by atoms with Crippen LogP contribution in [0, 0.1) is 5.92 Å². The maximum Gasteiger partial charge on any atom is 0.0132 e. The molecule has 0 aliphatic carbocycles. The molecule has 12 heavy (non-hydrogen) atoms. The number of rotatable bonds is 0. The summed E-state index contributed by atoms with van der Waals surface area (Å²) in [7, 11) is 0. The largest absolute Gasteiger partial charge is 0.307 e. The minimum atomic E-state index is 0.319. The summed E-state index contributed by atoms with van der Waals surface area (Å²) in [5.74, 6) is 0.870. The van der Waals surface area contributed by atoms with E-state index in [-0.39, 0.29) is 0 Å². The molecule has 0 aromatic heterocycles. The second-order valence-corrected chi connectivity index (χ2v) is 5.74. The van der Waals surface area contributed by atoms with Crippen LogP contribution in [0.4, 0.5) is 0 Å². The molecule has 1 aliphatic heterocycles. The highest BCUT2D eigenvalue weighted by atomic mass is 15.0. The van der Waals surface area contributed by atoms with Crippen molar-refractivity contribution in [3.63, 3.8) is 0 Å². The van der Waals surface area contributed by atoms with E-state index in [2.05, 4.69) is 39.9 Å². The molecule has 1 aliphatic rings. The molecule has 1 nitrogen and oxygen atoms in total. The van der Waals surface area contributed by atoms with Gasteiger partial charge in [0.1, 0.15) is 0 Å². The van der Waals surface area contributed by atoms with Gasteiger partial charge in [-0.25, -0.2) is 0 Å². The van der Waals surface area contributed by atoms with Gasteiger partial charge in [-0.05, 0) is 52.9 Å². The summed E-state index contributed by atoms with van der Waals surface area (Å²) in [6.07, 6.45) is 3.97. The van der Waals surface area contributed by atoms with E-state index in [1.54, 1.807) is 0 Å². The van der Waals surface area contributed by atoms with Crippen molar-refractivity contribution >= 4 is 0 Å². The molecule has 1 atom stereocenters. The zero-order valence-corrected chi connectivity index (χ0v) is 9.20. The van der Waals surface area contributed by atoms with Crippen molar-refractivity contribution < 1.29 is 0 Å². The first-order chi connectivity index (χ1) is 5.31. The Hall–Kier alpha value is -0.0400. The lowest BCUT2D eigenvalue weighted by Gasteiger charge is -2.34. The molecular formula is C11H23N. The van der Waals surface area contributed by atoms with Gasteiger partial charge in [0.05, 0.1) is 0 Å². The van der Waals surface area contributed by atoms with Crippen molar-refractivity contribution in [1.82, 2.24) is 5.32 Å². The van der Waals surface area contributed by atoms with Crippen molar-refractivity contribution in [2.45, 2.75) is 65.0 Å². The highest BCUT2D eigenvalue weighted by molar-refractivity contribution is 4.92. The van der Waals surface area contributed by atoms with Crippen molar-refractivity contribution in [3.8, 4) is 0 Å². The Labute approximate surface area is 76.9 Å². The van der Waals surface area contributed by atoms with Crippen molar-refractivity contribution in [3.05, 3.63) is 0 Å². The average molecular weight is 169 g/mol. The smallest absolute Gasteiger partial charge is 0.0132 e. The van der Waals surface area contributed by atoms with E-state index in [1.807, 2.05) is 0 Å². The maximum atomic E-state index is 3.72. The molecule has 1 fully saturated rings. The highest BCUT2D eigenvalue weighted by Gasteiger charge is 2.32. The fourth-order valence-corrected chi connectivity index (χ4v) is 2.61. The summed E-state index contributed by atoms with van der Waals surface area (Å²) in [5.41, 5.74) is 0.647. The molecule has 1 saturated heterocycles. The van der Waals surface area contributed by atoms with E-state index in [9.17, 15) is 0 Å². The van der Waals surface area contributed by atoms with Crippen LogP contribution in [0.5, 0.6) is 0 Å². The number of nitrogens with one attached hydrogen (secondary N) is 1. The van der Waals surface area contributed by atoms with Crippen LogP contribution in [-0.4, -0.2) is 11.1 Å². The van der Waals surface area contributed by atoms with E-state index in [0.717, 1.165) is 5.92 Å². The van der Waals surface area contributed by atoms with E-state index in [0.29, 0.717) is 11.1 Å². The predicted octanol–water partition coefficient (Wildman–Crippen LogP) is 2.95. The van der Waals surface area contributed by atoms with Crippen LogP contribution < -0.4 is 5.32 Å². The van der Waals surface area contributed by atoms with Gasteiger partial charge in [-0.1, -0.05) is 6.92 Å². The van der Waals surface area contributed by atoms with Crippen molar-refractivity contribution in [2.24, 2.45) is 5.92 Å². The van der Waals surface area contributed by atoms with Gasteiger partial charge >= 0.3 is 0 Å². The van der Waals surface area contributed by atoms with Crippen molar-refractivity contribution in [1.29, 1.82) is 0 Å². The van der Waals surface area contributed by atoms with Gasteiger partial charge in [0.2, 0.25) is 0 Å². The third kappa shape index (κ3) is 2.78. The molecule has 1 heterocycles. The summed E-state index contributed by atoms with van der Waals surface area (Å²) < 4.78 is 0. The summed E-state index contributed by atoms with van der Waals surface area (Å²) in [5, 5.41) is 3.72. The van der Waals surface area contributed by atoms with Gasteiger partial charge < -0.3 is 5.32 Å². The van der Waals surface area contributed by atoms with Crippen LogP contribution in [0.3, 0.4) is 0 Å². The molecule has 1 N–H and O–H groups in total. The molecule has 1 unspecified atom stereocenters. The lowest BCUT2D eigenvalue weighted by atomic mass is 9.91. The lowest BCUT2D eigenvalue weighted by molar-refractivity contribution is 0.263. The Morgan fingerprint density at radius 1 is 1.08 bits per heavy atom. The lowest BCUT2D eigenvalue weighted by Crippen LogP contribution is -2.50. The van der Waals surface area contributed by atoms with Gasteiger partial charge in [0, 0.05) is 11.1 Å². The zero-order valence-electron chi connectivity index (χ0n) is 9.20. The highest BCUT2D eigenvalue weighted by Crippen LogP contribution is 2.30. The summed E-state index contributed by atoms with van der Waals surface area (Å²) in [6, 6.07) is 0. The molecule has 0 saturated carbocycles. The predicted molar refractivity (Wildman–Crippen MR) is 54.3 cm³/mol. The Kier molecular flexibility index (Phi) is 2.53. The van der Waals surface area contributed by atoms with Gasteiger partial charge in [-0.3, -0.25) is 0 Å². The van der Waals surface area contributed by atoms with Crippen LogP contribution in [0.2, 0.25) is 0 Å². The Bertz CT molecular complexity index is 158. The van der Waals surface area contributed by atoms with E-state index in [4.69, 9.17) is 0 Å². The summed E-state index contributed by atoms with van der Waals surface area (Å²) >= 11 is 0. The molecule has 0 bridgehead atoms. The van der Waals surface area contributed by atoms with Crippen LogP contribution >= 0.6 is 0 Å². The van der Waals surface area contributed by atoms with Gasteiger partial charge in [-0.15, -0.1) is 0 Å². The van der Waals surface area contributed by atoms with Gasteiger partial charge in [-0.2, -0.15) is 0 Å². The molecule has 0 aromatic rings. The molecule has 0 aromatic carbocycles. The quantitative estimate of drug-likeness (QED) is 0.588. The van der Waals surface area contributed by atoms with Crippen LogP contribution in [0.25, 0.3) is 0 Å². The number of hydrogen-bond donors (Lipinski definition) is 1. The fourth-order valence-electron chi connectivity index (χ4n) is 2.61. The standard InChI is InChI=1S/C11H23N/c1-9-6-7-10(2,3)12-11(4,5)8-9/h9,12H,6-8H2,1-5H3. The van der Waals surface area contributed by atoms with Gasteiger partial charge in [0.15, 0.2) is 0 Å². The topological polar surface area (TPSA) is 12.0 Å². The molecular weight excluding hydrogens is 146 g/mol. The SMILES string of the molecule is CC1CCC(C)(C)NC(C)(C)C1. The first kappa shape index (κ1) is 10.0. The molecule has 72 valence electrons. The second-order valence-electron chi connectivity index (χ2n) is 5.74. The van der Waals surface area contributed by atoms with Crippen molar-refractivity contribution in [2.75, 3.05) is 0 Å². The van der Waals surface area contributed by atoms with Crippen LogP contribution in [0.1, 0.15) is 53.9 Å². The van der Waals surface area contributed by atoms with E-state index < -0.39 is 0 Å². The summed E-state index contributed by atoms with van der Waals surface area (Å²) in [6.45, 7) is 11.6. The first-order valence-electron chi connectivity index (χ1n) is 5.10. The minimum absolute atomic E-state index is 0.319. The van der Waals surface area contributed by atoms with E-state index in [1.165, 1.54) is 19.3 Å².